The average Bonchev–Trinajstić information content (AvgIpc) is 2.90. The van der Waals surface area contributed by atoms with Gasteiger partial charge in [0.2, 0.25) is 0 Å². The van der Waals surface area contributed by atoms with E-state index in [0.29, 0.717) is 18.8 Å². The van der Waals surface area contributed by atoms with Crippen LogP contribution in [0.2, 0.25) is 0 Å². The molecule has 0 saturated heterocycles. The van der Waals surface area contributed by atoms with Crippen molar-refractivity contribution in [3.63, 3.8) is 0 Å². The van der Waals surface area contributed by atoms with Gasteiger partial charge in [0.15, 0.2) is 0 Å². The molecule has 23 heavy (non-hydrogen) atoms. The van der Waals surface area contributed by atoms with Gasteiger partial charge in [-0.25, -0.2) is 4.79 Å². The van der Waals surface area contributed by atoms with Crippen LogP contribution in [-0.4, -0.2) is 25.2 Å². The van der Waals surface area contributed by atoms with Crippen LogP contribution in [0.4, 0.5) is 0 Å². The smallest absolute Gasteiger partial charge is 0.334 e. The highest BCUT2D eigenvalue weighted by Crippen LogP contribution is 2.22. The predicted octanol–water partition coefficient (Wildman–Crippen LogP) is 4.34. The molecule has 0 aromatic rings. The molecule has 0 amide bonds. The number of esters is 2. The molecule has 0 bridgehead atoms. The maximum absolute atomic E-state index is 11.7. The van der Waals surface area contributed by atoms with Crippen LogP contribution in [0.1, 0.15) is 65.2 Å². The van der Waals surface area contributed by atoms with Crippen molar-refractivity contribution in [2.24, 2.45) is 5.92 Å². The van der Waals surface area contributed by atoms with Gasteiger partial charge in [-0.05, 0) is 37.7 Å². The summed E-state index contributed by atoms with van der Waals surface area (Å²) in [5.74, 6) is 0.0472. The third kappa shape index (κ3) is 8.00. The molecule has 130 valence electrons. The number of cyclic esters (lactones) is 1. The molecule has 0 radical (unpaired) electrons. The van der Waals surface area contributed by atoms with Crippen LogP contribution >= 0.6 is 0 Å². The Kier molecular flexibility index (Phi) is 9.34. The average molecular weight is 322 g/mol. The van der Waals surface area contributed by atoms with Gasteiger partial charge in [0.05, 0.1) is 7.11 Å². The SMILES string of the molecule is COC(=O)CCCCCCC/C=C/CC1=CC(C(C)C)OC1=O. The summed E-state index contributed by atoms with van der Waals surface area (Å²) in [6.07, 6.45) is 13.8. The van der Waals surface area contributed by atoms with Gasteiger partial charge in [0.25, 0.3) is 0 Å². The lowest BCUT2D eigenvalue weighted by Crippen LogP contribution is -2.14. The molecule has 1 aliphatic heterocycles. The number of carbonyl (C=O) groups is 2. The first-order valence-corrected chi connectivity index (χ1v) is 8.68. The molecule has 1 rings (SSSR count). The molecule has 1 atom stereocenters. The maximum Gasteiger partial charge on any atom is 0.334 e. The lowest BCUT2D eigenvalue weighted by Gasteiger charge is -2.10. The van der Waals surface area contributed by atoms with Gasteiger partial charge >= 0.3 is 11.9 Å². The topological polar surface area (TPSA) is 52.6 Å². The molecule has 1 unspecified atom stereocenters. The van der Waals surface area contributed by atoms with E-state index in [9.17, 15) is 9.59 Å². The molecular formula is C19H30O4. The van der Waals surface area contributed by atoms with Crippen molar-refractivity contribution < 1.29 is 19.1 Å². The Morgan fingerprint density at radius 2 is 1.91 bits per heavy atom. The summed E-state index contributed by atoms with van der Waals surface area (Å²) >= 11 is 0. The van der Waals surface area contributed by atoms with E-state index in [2.05, 4.69) is 30.7 Å². The van der Waals surface area contributed by atoms with Crippen molar-refractivity contribution in [3.8, 4) is 0 Å². The quantitative estimate of drug-likeness (QED) is 0.322. The summed E-state index contributed by atoms with van der Waals surface area (Å²) in [7, 11) is 1.43. The summed E-state index contributed by atoms with van der Waals surface area (Å²) in [5, 5.41) is 0. The zero-order valence-electron chi connectivity index (χ0n) is 14.7. The minimum atomic E-state index is -0.168. The fraction of sp³-hybridized carbons (Fsp3) is 0.684. The predicted molar refractivity (Wildman–Crippen MR) is 90.9 cm³/mol. The molecule has 1 heterocycles. The minimum Gasteiger partial charge on any atom is -0.469 e. The van der Waals surface area contributed by atoms with Crippen LogP contribution in [0.15, 0.2) is 23.8 Å². The Labute approximate surface area is 139 Å². The monoisotopic (exact) mass is 322 g/mol. The standard InChI is InChI=1S/C19H30O4/c1-15(2)17-14-16(19(21)23-17)12-10-8-6-4-5-7-9-11-13-18(20)22-3/h8,10,14-15,17H,4-7,9,11-13H2,1-3H3/b10-8+. The van der Waals surface area contributed by atoms with Gasteiger partial charge < -0.3 is 9.47 Å². The Morgan fingerprint density at radius 1 is 1.22 bits per heavy atom. The normalized spacial score (nSPS) is 17.7. The number of carbonyl (C=O) groups excluding carboxylic acids is 2. The van der Waals surface area contributed by atoms with Crippen molar-refractivity contribution >= 4 is 11.9 Å². The molecule has 0 N–H and O–H groups in total. The summed E-state index contributed by atoms with van der Waals surface area (Å²) < 4.78 is 9.90. The lowest BCUT2D eigenvalue weighted by atomic mass is 10.0. The maximum atomic E-state index is 11.7. The molecule has 0 fully saturated rings. The molecule has 4 heteroatoms. The van der Waals surface area contributed by atoms with Gasteiger partial charge in [-0.15, -0.1) is 0 Å². The summed E-state index contributed by atoms with van der Waals surface area (Å²) in [6.45, 7) is 4.11. The van der Waals surface area contributed by atoms with E-state index in [1.807, 2.05) is 6.08 Å². The van der Waals surface area contributed by atoms with Gasteiger partial charge in [-0.3, -0.25) is 4.79 Å². The number of unbranched alkanes of at least 4 members (excludes halogenated alkanes) is 5. The Morgan fingerprint density at radius 3 is 2.57 bits per heavy atom. The summed E-state index contributed by atoms with van der Waals surface area (Å²) in [5.41, 5.74) is 0.780. The first-order chi connectivity index (χ1) is 11.0. The number of hydrogen-bond donors (Lipinski definition) is 0. The van der Waals surface area contributed by atoms with Gasteiger partial charge in [0, 0.05) is 12.0 Å². The zero-order chi connectivity index (χ0) is 17.1. The number of allylic oxidation sites excluding steroid dienone is 2. The van der Waals surface area contributed by atoms with Gasteiger partial charge in [-0.1, -0.05) is 45.3 Å². The zero-order valence-corrected chi connectivity index (χ0v) is 14.7. The molecular weight excluding hydrogens is 292 g/mol. The summed E-state index contributed by atoms with van der Waals surface area (Å²) in [4.78, 5) is 22.6. The largest absolute Gasteiger partial charge is 0.469 e. The van der Waals surface area contributed by atoms with Crippen molar-refractivity contribution in [2.45, 2.75) is 71.3 Å². The molecule has 0 aromatic heterocycles. The first kappa shape index (κ1) is 19.5. The molecule has 0 aliphatic carbocycles. The van der Waals surface area contributed by atoms with Gasteiger partial charge in [0.1, 0.15) is 6.10 Å². The second-order valence-electron chi connectivity index (χ2n) is 6.36. The molecule has 0 saturated carbocycles. The highest BCUT2D eigenvalue weighted by atomic mass is 16.5. The second kappa shape index (κ2) is 11.0. The van der Waals surface area contributed by atoms with Gasteiger partial charge in [-0.2, -0.15) is 0 Å². The summed E-state index contributed by atoms with van der Waals surface area (Å²) in [6, 6.07) is 0. The number of methoxy groups -OCH3 is 1. The molecule has 1 aliphatic rings. The molecule has 0 aromatic carbocycles. The third-order valence-electron chi connectivity index (χ3n) is 4.01. The number of rotatable bonds is 11. The lowest BCUT2D eigenvalue weighted by molar-refractivity contribution is -0.141. The van der Waals surface area contributed by atoms with Crippen molar-refractivity contribution in [2.75, 3.05) is 7.11 Å². The van der Waals surface area contributed by atoms with E-state index in [4.69, 9.17) is 4.74 Å². The third-order valence-corrected chi connectivity index (χ3v) is 4.01. The minimum absolute atomic E-state index is 0.0594. The fourth-order valence-corrected chi connectivity index (χ4v) is 2.47. The Hall–Kier alpha value is -1.58. The van der Waals surface area contributed by atoms with E-state index in [0.717, 1.165) is 37.7 Å². The van der Waals surface area contributed by atoms with E-state index in [-0.39, 0.29) is 18.0 Å². The van der Waals surface area contributed by atoms with E-state index in [1.54, 1.807) is 0 Å². The van der Waals surface area contributed by atoms with Crippen LogP contribution in [0.5, 0.6) is 0 Å². The number of hydrogen-bond acceptors (Lipinski definition) is 4. The second-order valence-corrected chi connectivity index (χ2v) is 6.36. The Balaban J connectivity index is 2.04. The molecule has 4 nitrogen and oxygen atoms in total. The van der Waals surface area contributed by atoms with Crippen LogP contribution in [0.25, 0.3) is 0 Å². The Bertz CT molecular complexity index is 435. The van der Waals surface area contributed by atoms with Crippen molar-refractivity contribution in [3.05, 3.63) is 23.8 Å². The van der Waals surface area contributed by atoms with Crippen molar-refractivity contribution in [1.82, 2.24) is 0 Å². The van der Waals surface area contributed by atoms with E-state index >= 15 is 0 Å². The highest BCUT2D eigenvalue weighted by molar-refractivity contribution is 5.91. The van der Waals surface area contributed by atoms with Crippen LogP contribution in [-0.2, 0) is 19.1 Å². The van der Waals surface area contributed by atoms with Crippen LogP contribution < -0.4 is 0 Å². The fourth-order valence-electron chi connectivity index (χ4n) is 2.47. The highest BCUT2D eigenvalue weighted by Gasteiger charge is 2.26. The van der Waals surface area contributed by atoms with Crippen molar-refractivity contribution in [1.29, 1.82) is 0 Å². The molecule has 0 spiro atoms. The van der Waals surface area contributed by atoms with Crippen LogP contribution in [0.3, 0.4) is 0 Å². The van der Waals surface area contributed by atoms with E-state index in [1.165, 1.54) is 13.5 Å². The first-order valence-electron chi connectivity index (χ1n) is 8.68. The number of ether oxygens (including phenoxy) is 2. The van der Waals surface area contributed by atoms with E-state index < -0.39 is 0 Å². The van der Waals surface area contributed by atoms with Crippen LogP contribution in [0, 0.1) is 5.92 Å².